The second-order valence-electron chi connectivity index (χ2n) is 10.6. The topological polar surface area (TPSA) is 287 Å². The van der Waals surface area contributed by atoms with Crippen LogP contribution in [0, 0.1) is 0 Å². The third-order valence-electron chi connectivity index (χ3n) is 7.36. The monoisotopic (exact) mass is 715 g/mol. The molecule has 0 aliphatic carbocycles. The number of furan rings is 2. The zero-order valence-corrected chi connectivity index (χ0v) is 26.9. The Morgan fingerprint density at radius 3 is 1.00 bits per heavy atom. The third-order valence-corrected chi connectivity index (χ3v) is 7.36. The van der Waals surface area contributed by atoms with E-state index in [0.717, 1.165) is 21.3 Å². The van der Waals surface area contributed by atoms with E-state index in [1.807, 2.05) is 0 Å². The number of hydrogen-bond acceptors (Lipinski definition) is 17. The second kappa shape index (κ2) is 17.6. The lowest BCUT2D eigenvalue weighted by Gasteiger charge is -2.01. The minimum atomic E-state index is -0.824. The molecule has 0 aliphatic heterocycles. The van der Waals surface area contributed by atoms with Gasteiger partial charge in [-0.1, -0.05) is 0 Å². The predicted molar refractivity (Wildman–Crippen MR) is 181 cm³/mol. The molecule has 0 unspecified atom stereocenters. The summed E-state index contributed by atoms with van der Waals surface area (Å²) >= 11 is 0. The fourth-order valence-corrected chi connectivity index (χ4v) is 5.04. The van der Waals surface area contributed by atoms with E-state index in [4.69, 9.17) is 35.3 Å². The maximum absolute atomic E-state index is 12.5. The lowest BCUT2D eigenvalue weighted by molar-refractivity contribution is 0.0863. The van der Waals surface area contributed by atoms with Crippen molar-refractivity contribution in [1.29, 1.82) is 0 Å². The molecule has 0 amide bonds. The fourth-order valence-electron chi connectivity index (χ4n) is 5.04. The molecule has 5 N–H and O–H groups in total. The summed E-state index contributed by atoms with van der Waals surface area (Å²) in [6, 6.07) is 4.86. The summed E-state index contributed by atoms with van der Waals surface area (Å²) in [5.74, 6) is 0. The van der Waals surface area contributed by atoms with Gasteiger partial charge in [0.25, 0.3) is 22.2 Å². The molecular weight excluding hydrogens is 682 g/mol. The minimum absolute atomic E-state index is 0.00717. The van der Waals surface area contributed by atoms with Gasteiger partial charge in [0, 0.05) is 6.54 Å². The van der Waals surface area contributed by atoms with Gasteiger partial charge in [-0.25, -0.2) is 19.2 Å². The van der Waals surface area contributed by atoms with Crippen LogP contribution in [0.4, 0.5) is 0 Å². The van der Waals surface area contributed by atoms with E-state index in [9.17, 15) is 38.4 Å². The Hall–Kier alpha value is -5.28. The lowest BCUT2D eigenvalue weighted by Crippen LogP contribution is -2.28. The molecule has 0 spiro atoms. The molecule has 4 aromatic heterocycles. The van der Waals surface area contributed by atoms with Crippen LogP contribution in [-0.2, 0) is 27.3 Å². The molecule has 0 atom stereocenters. The number of hydrogen-bond donors (Lipinski definition) is 4. The van der Waals surface area contributed by atoms with Gasteiger partial charge in [-0.3, -0.25) is 28.3 Å². The Morgan fingerprint density at radius 2 is 0.725 bits per heavy atom. The highest BCUT2D eigenvalue weighted by Crippen LogP contribution is 2.15. The Morgan fingerprint density at radius 1 is 0.451 bits per heavy atom. The summed E-state index contributed by atoms with van der Waals surface area (Å²) in [6.07, 6.45) is 0. The van der Waals surface area contributed by atoms with Crippen molar-refractivity contribution < 1.29 is 38.4 Å². The molecule has 0 saturated heterocycles. The first-order chi connectivity index (χ1) is 24.5. The van der Waals surface area contributed by atoms with Crippen molar-refractivity contribution in [2.24, 2.45) is 5.73 Å². The molecule has 0 bridgehead atoms. The van der Waals surface area contributed by atoms with Crippen LogP contribution in [0.3, 0.4) is 0 Å². The highest BCUT2D eigenvalue weighted by molar-refractivity contribution is 5.98. The lowest BCUT2D eigenvalue weighted by atomic mass is 10.1. The molecule has 2 aromatic carbocycles. The van der Waals surface area contributed by atoms with Gasteiger partial charge < -0.3 is 44.1 Å². The molecule has 4 heterocycles. The number of aromatic nitrogens is 2. The zero-order valence-electron chi connectivity index (χ0n) is 26.9. The number of ether oxygens (including phenoxy) is 3. The standard InChI is InChI=1S/C18H20N2O8.C10H2O6.C4H11NO2/c21-3-7-27-5-1-19-15(23)11-9-13-14(10-12(11)16(19)24)18(26)20(17(13)25)2-6-28-8-4-22;11-7-3-1-4-6(10(14)16-8(4)12)2-5(3)9(13)15-7;5-1-3-7-4-2-6/h9-10,21-22H,1-8H2;1-2H;6H,1-5H2. The molecule has 6 rings (SSSR count). The Labute approximate surface area is 282 Å². The van der Waals surface area contributed by atoms with Gasteiger partial charge in [-0.05, 0) is 24.3 Å². The van der Waals surface area contributed by atoms with E-state index < -0.39 is 44.7 Å². The normalized spacial score (nSPS) is 11.4. The summed E-state index contributed by atoms with van der Waals surface area (Å²) in [5, 5.41) is 25.7. The molecular formula is C32H33N3O16. The summed E-state index contributed by atoms with van der Waals surface area (Å²) in [5.41, 5.74) is -0.455. The smallest absolute Gasteiger partial charge is 0.346 e. The van der Waals surface area contributed by atoms with E-state index in [0.29, 0.717) is 19.8 Å². The van der Waals surface area contributed by atoms with Crippen LogP contribution >= 0.6 is 0 Å². The van der Waals surface area contributed by atoms with Crippen molar-refractivity contribution in [2.75, 3.05) is 66.0 Å². The quantitative estimate of drug-likeness (QED) is 0.0792. The number of nitrogens with zero attached hydrogens (tertiary/aromatic N) is 2. The summed E-state index contributed by atoms with van der Waals surface area (Å²) < 4.78 is 25.6. The summed E-state index contributed by atoms with van der Waals surface area (Å²) in [4.78, 5) is 94.9. The molecule has 19 heteroatoms. The van der Waals surface area contributed by atoms with Crippen molar-refractivity contribution in [1.82, 2.24) is 9.13 Å². The van der Waals surface area contributed by atoms with E-state index >= 15 is 0 Å². The van der Waals surface area contributed by atoms with Crippen molar-refractivity contribution in [3.05, 3.63) is 107 Å². The average molecular weight is 716 g/mol. The Bertz CT molecular complexity index is 2220. The number of aliphatic hydroxyl groups is 3. The second-order valence-corrected chi connectivity index (χ2v) is 10.6. The average Bonchev–Trinajstić information content (AvgIpc) is 3.74. The minimum Gasteiger partial charge on any atom is -0.394 e. The zero-order chi connectivity index (χ0) is 37.2. The largest absolute Gasteiger partial charge is 0.394 e. The van der Waals surface area contributed by atoms with Gasteiger partial charge in [-0.2, -0.15) is 0 Å². The Balaban J connectivity index is 0.000000211. The molecule has 19 nitrogen and oxygen atoms in total. The maximum atomic E-state index is 12.5. The molecule has 0 saturated carbocycles. The van der Waals surface area contributed by atoms with Gasteiger partial charge in [0.05, 0.1) is 116 Å². The number of aliphatic hydroxyl groups excluding tert-OH is 3. The number of rotatable bonds is 14. The van der Waals surface area contributed by atoms with Crippen molar-refractivity contribution in [2.45, 2.75) is 13.1 Å². The van der Waals surface area contributed by atoms with Crippen molar-refractivity contribution in [3.63, 3.8) is 0 Å². The Kier molecular flexibility index (Phi) is 13.3. The van der Waals surface area contributed by atoms with Gasteiger partial charge in [0.1, 0.15) is 0 Å². The van der Waals surface area contributed by atoms with Gasteiger partial charge in [-0.15, -0.1) is 0 Å². The van der Waals surface area contributed by atoms with Crippen LogP contribution in [0.25, 0.3) is 43.1 Å². The first-order valence-electron chi connectivity index (χ1n) is 15.4. The van der Waals surface area contributed by atoms with E-state index in [2.05, 4.69) is 8.83 Å². The van der Waals surface area contributed by atoms with Crippen LogP contribution in [0.5, 0.6) is 0 Å². The summed E-state index contributed by atoms with van der Waals surface area (Å²) in [6.45, 7) is 1.58. The highest BCUT2D eigenvalue weighted by Gasteiger charge is 2.19. The predicted octanol–water partition coefficient (Wildman–Crippen LogP) is -3.62. The molecule has 51 heavy (non-hydrogen) atoms. The molecule has 0 fully saturated rings. The maximum Gasteiger partial charge on any atom is 0.346 e. The molecule has 0 radical (unpaired) electrons. The van der Waals surface area contributed by atoms with Crippen molar-refractivity contribution in [3.8, 4) is 0 Å². The highest BCUT2D eigenvalue weighted by atomic mass is 16.5. The van der Waals surface area contributed by atoms with Crippen LogP contribution in [0.1, 0.15) is 0 Å². The molecule has 272 valence electrons. The van der Waals surface area contributed by atoms with Gasteiger partial charge in [0.15, 0.2) is 0 Å². The molecule has 0 aliphatic rings. The van der Waals surface area contributed by atoms with Crippen LogP contribution in [-0.4, -0.2) is 90.5 Å². The first kappa shape index (κ1) is 38.5. The summed E-state index contributed by atoms with van der Waals surface area (Å²) in [7, 11) is 0. The van der Waals surface area contributed by atoms with E-state index in [1.54, 1.807) is 0 Å². The van der Waals surface area contributed by atoms with E-state index in [1.165, 1.54) is 12.1 Å². The van der Waals surface area contributed by atoms with E-state index in [-0.39, 0.29) is 102 Å². The van der Waals surface area contributed by atoms with Crippen molar-refractivity contribution >= 4 is 43.1 Å². The van der Waals surface area contributed by atoms with Crippen LogP contribution in [0.15, 0.2) is 71.5 Å². The number of fused-ring (bicyclic) bond motifs is 4. The number of nitrogens with two attached hydrogens (primary N) is 1. The first-order valence-corrected chi connectivity index (χ1v) is 15.4. The van der Waals surface area contributed by atoms with Gasteiger partial charge in [0.2, 0.25) is 0 Å². The number of benzene rings is 2. The SMILES string of the molecule is NCCOCCO.O=c1c2cc3c(=O)n(CCOCCO)c(=O)c3cc2c(=O)n1CCOCCO.O=c1oc(=O)c2cc3c(=O)oc(=O)c3cc12. The third kappa shape index (κ3) is 8.37. The molecule has 6 aromatic rings. The fraction of sp³-hybridized carbons (Fsp3) is 0.375. The van der Waals surface area contributed by atoms with Crippen LogP contribution < -0.4 is 50.5 Å². The van der Waals surface area contributed by atoms with Gasteiger partial charge >= 0.3 is 22.5 Å². The van der Waals surface area contributed by atoms with Crippen LogP contribution in [0.2, 0.25) is 0 Å².